The number of hydrogen-bond acceptors (Lipinski definition) is 5. The van der Waals surface area contributed by atoms with Crippen LogP contribution in [-0.2, 0) is 14.3 Å². The first-order chi connectivity index (χ1) is 10.1. The van der Waals surface area contributed by atoms with Gasteiger partial charge in [0.15, 0.2) is 0 Å². The molecule has 0 radical (unpaired) electrons. The van der Waals surface area contributed by atoms with E-state index in [2.05, 4.69) is 5.32 Å². The molecule has 0 aromatic heterocycles. The van der Waals surface area contributed by atoms with Crippen LogP contribution in [0.25, 0.3) is 0 Å². The van der Waals surface area contributed by atoms with Crippen molar-refractivity contribution in [1.29, 1.82) is 0 Å². The Morgan fingerprint density at radius 2 is 1.76 bits per heavy atom. The van der Waals surface area contributed by atoms with Gasteiger partial charge in [0.2, 0.25) is 0 Å². The Balaban J connectivity index is 2.03. The molecule has 0 spiro atoms. The topological polar surface area (TPSA) is 73.9 Å². The summed E-state index contributed by atoms with van der Waals surface area (Å²) >= 11 is 0. The summed E-state index contributed by atoms with van der Waals surface area (Å²) in [7, 11) is 0. The summed E-state index contributed by atoms with van der Waals surface area (Å²) in [4.78, 5) is 22.1. The van der Waals surface area contributed by atoms with Crippen LogP contribution in [0.1, 0.15) is 18.9 Å². The summed E-state index contributed by atoms with van der Waals surface area (Å²) in [6, 6.07) is 7.61. The minimum Gasteiger partial charge on any atom is -0.490 e. The second kappa shape index (κ2) is 9.63. The van der Waals surface area contributed by atoms with E-state index in [0.29, 0.717) is 6.42 Å². The predicted molar refractivity (Wildman–Crippen MR) is 77.3 cm³/mol. The van der Waals surface area contributed by atoms with Gasteiger partial charge in [0.05, 0.1) is 6.54 Å². The van der Waals surface area contributed by atoms with E-state index in [1.165, 1.54) is 0 Å². The number of benzene rings is 1. The van der Waals surface area contributed by atoms with E-state index in [1.807, 2.05) is 31.2 Å². The fourth-order valence-electron chi connectivity index (χ4n) is 1.40. The van der Waals surface area contributed by atoms with Crippen LogP contribution in [0.4, 0.5) is 4.79 Å². The van der Waals surface area contributed by atoms with E-state index in [-0.39, 0.29) is 32.3 Å². The lowest BCUT2D eigenvalue weighted by atomic mass is 10.2. The van der Waals surface area contributed by atoms with Crippen molar-refractivity contribution in [2.75, 3.05) is 26.4 Å². The number of alkyl carbamates (subject to hydrolysis) is 1. The van der Waals surface area contributed by atoms with Crippen molar-refractivity contribution in [2.24, 2.45) is 0 Å². The van der Waals surface area contributed by atoms with Crippen LogP contribution < -0.4 is 10.1 Å². The molecule has 0 saturated heterocycles. The number of aryl methyl sites for hydroxylation is 1. The van der Waals surface area contributed by atoms with Gasteiger partial charge in [-0.05, 0) is 19.1 Å². The Hall–Kier alpha value is -2.24. The molecule has 0 fully saturated rings. The SMILES string of the molecule is CCC(=O)OCCNC(=O)OCCOc1ccc(C)cc1. The van der Waals surface area contributed by atoms with Crippen molar-refractivity contribution in [3.05, 3.63) is 29.8 Å². The largest absolute Gasteiger partial charge is 0.490 e. The molecule has 0 bridgehead atoms. The molecule has 0 aliphatic heterocycles. The lowest BCUT2D eigenvalue weighted by molar-refractivity contribution is -0.143. The molecule has 1 aromatic rings. The zero-order valence-corrected chi connectivity index (χ0v) is 12.4. The zero-order valence-electron chi connectivity index (χ0n) is 12.4. The van der Waals surface area contributed by atoms with E-state index in [4.69, 9.17) is 14.2 Å². The Morgan fingerprint density at radius 1 is 1.05 bits per heavy atom. The van der Waals surface area contributed by atoms with Gasteiger partial charge in [0.1, 0.15) is 25.6 Å². The first kappa shape index (κ1) is 16.8. The third-order valence-corrected chi connectivity index (χ3v) is 2.53. The standard InChI is InChI=1S/C15H21NO5/c1-3-14(17)20-9-8-16-15(18)21-11-10-19-13-6-4-12(2)5-7-13/h4-7H,3,8-11H2,1-2H3,(H,16,18). The Morgan fingerprint density at radius 3 is 2.43 bits per heavy atom. The molecule has 0 aliphatic rings. The van der Waals surface area contributed by atoms with Crippen LogP contribution >= 0.6 is 0 Å². The third kappa shape index (κ3) is 7.81. The molecule has 0 heterocycles. The van der Waals surface area contributed by atoms with Gasteiger partial charge in [-0.25, -0.2) is 4.79 Å². The average molecular weight is 295 g/mol. The highest BCUT2D eigenvalue weighted by atomic mass is 16.6. The smallest absolute Gasteiger partial charge is 0.407 e. The first-order valence-corrected chi connectivity index (χ1v) is 6.87. The molecular weight excluding hydrogens is 274 g/mol. The highest BCUT2D eigenvalue weighted by Gasteiger charge is 2.03. The second-order valence-corrected chi connectivity index (χ2v) is 4.30. The Bertz CT molecular complexity index is 444. The minimum atomic E-state index is -0.560. The van der Waals surface area contributed by atoms with Crippen LogP contribution in [-0.4, -0.2) is 38.4 Å². The number of amides is 1. The van der Waals surface area contributed by atoms with Crippen LogP contribution in [0.3, 0.4) is 0 Å². The van der Waals surface area contributed by atoms with Crippen molar-refractivity contribution in [3.8, 4) is 5.75 Å². The molecule has 0 aliphatic carbocycles. The van der Waals surface area contributed by atoms with Gasteiger partial charge in [0.25, 0.3) is 0 Å². The molecule has 1 amide bonds. The lowest BCUT2D eigenvalue weighted by Gasteiger charge is -2.09. The maximum atomic E-state index is 11.3. The van der Waals surface area contributed by atoms with E-state index in [0.717, 1.165) is 11.3 Å². The number of carbonyl (C=O) groups excluding carboxylic acids is 2. The van der Waals surface area contributed by atoms with E-state index in [9.17, 15) is 9.59 Å². The van der Waals surface area contributed by atoms with Crippen LogP contribution in [0.15, 0.2) is 24.3 Å². The van der Waals surface area contributed by atoms with Gasteiger partial charge in [-0.15, -0.1) is 0 Å². The maximum absolute atomic E-state index is 11.3. The summed E-state index contributed by atoms with van der Waals surface area (Å²) in [5.41, 5.74) is 1.15. The predicted octanol–water partition coefficient (Wildman–Crippen LogP) is 2.05. The summed E-state index contributed by atoms with van der Waals surface area (Å²) in [5, 5.41) is 2.47. The van der Waals surface area contributed by atoms with E-state index < -0.39 is 6.09 Å². The van der Waals surface area contributed by atoms with Crippen LogP contribution in [0, 0.1) is 6.92 Å². The number of esters is 1. The molecular formula is C15H21NO5. The quantitative estimate of drug-likeness (QED) is 0.587. The van der Waals surface area contributed by atoms with Gasteiger partial charge in [-0.2, -0.15) is 0 Å². The van der Waals surface area contributed by atoms with Gasteiger partial charge in [-0.1, -0.05) is 24.6 Å². The summed E-state index contributed by atoms with van der Waals surface area (Å²) in [6.07, 6.45) is -0.240. The molecule has 1 aromatic carbocycles. The monoisotopic (exact) mass is 295 g/mol. The third-order valence-electron chi connectivity index (χ3n) is 2.53. The molecule has 21 heavy (non-hydrogen) atoms. The average Bonchev–Trinajstić information content (AvgIpc) is 2.49. The highest BCUT2D eigenvalue weighted by Crippen LogP contribution is 2.10. The van der Waals surface area contributed by atoms with Gasteiger partial charge < -0.3 is 19.5 Å². The molecule has 1 rings (SSSR count). The maximum Gasteiger partial charge on any atom is 0.407 e. The van der Waals surface area contributed by atoms with Gasteiger partial charge in [-0.3, -0.25) is 4.79 Å². The Labute approximate surface area is 124 Å². The molecule has 1 N–H and O–H groups in total. The number of rotatable bonds is 8. The summed E-state index contributed by atoms with van der Waals surface area (Å²) in [5.74, 6) is 0.438. The summed E-state index contributed by atoms with van der Waals surface area (Å²) in [6.45, 7) is 4.49. The molecule has 0 unspecified atom stereocenters. The van der Waals surface area contributed by atoms with Crippen molar-refractivity contribution in [2.45, 2.75) is 20.3 Å². The highest BCUT2D eigenvalue weighted by molar-refractivity contribution is 5.69. The van der Waals surface area contributed by atoms with Gasteiger partial charge in [0, 0.05) is 6.42 Å². The van der Waals surface area contributed by atoms with Crippen LogP contribution in [0.2, 0.25) is 0 Å². The van der Waals surface area contributed by atoms with Gasteiger partial charge >= 0.3 is 12.1 Å². The molecule has 0 atom stereocenters. The zero-order chi connectivity index (χ0) is 15.5. The van der Waals surface area contributed by atoms with Crippen LogP contribution in [0.5, 0.6) is 5.75 Å². The molecule has 0 saturated carbocycles. The molecule has 6 nitrogen and oxygen atoms in total. The van der Waals surface area contributed by atoms with Crippen molar-refractivity contribution in [1.82, 2.24) is 5.32 Å². The fourth-order valence-corrected chi connectivity index (χ4v) is 1.40. The fraction of sp³-hybridized carbons (Fsp3) is 0.467. The number of nitrogens with one attached hydrogen (secondary N) is 1. The lowest BCUT2D eigenvalue weighted by Crippen LogP contribution is -2.29. The van der Waals surface area contributed by atoms with E-state index >= 15 is 0 Å². The molecule has 116 valence electrons. The number of ether oxygens (including phenoxy) is 3. The van der Waals surface area contributed by atoms with Crippen molar-refractivity contribution >= 4 is 12.1 Å². The first-order valence-electron chi connectivity index (χ1n) is 6.87. The Kier molecular flexibility index (Phi) is 7.71. The summed E-state index contributed by atoms with van der Waals surface area (Å²) < 4.78 is 15.1. The normalized spacial score (nSPS) is 9.81. The molecule has 6 heteroatoms. The van der Waals surface area contributed by atoms with Crippen molar-refractivity contribution in [3.63, 3.8) is 0 Å². The van der Waals surface area contributed by atoms with Crippen molar-refractivity contribution < 1.29 is 23.8 Å². The number of hydrogen-bond donors (Lipinski definition) is 1. The van der Waals surface area contributed by atoms with E-state index in [1.54, 1.807) is 6.92 Å². The minimum absolute atomic E-state index is 0.141. The second-order valence-electron chi connectivity index (χ2n) is 4.30. The number of carbonyl (C=O) groups is 2.